The number of carboxylic acid groups (broad SMARTS) is 1. The average Bonchev–Trinajstić information content (AvgIpc) is 3.07. The molecule has 9 heteroatoms. The first-order valence-corrected chi connectivity index (χ1v) is 8.85. The number of aliphatic imine (C=N–C) groups is 1. The zero-order valence-corrected chi connectivity index (χ0v) is 15.7. The summed E-state index contributed by atoms with van der Waals surface area (Å²) in [6.07, 6.45) is 0.0159. The molecule has 7 nitrogen and oxygen atoms in total. The molecule has 0 aliphatic carbocycles. The minimum absolute atomic E-state index is 0.0764. The summed E-state index contributed by atoms with van der Waals surface area (Å²) in [7, 11) is 0. The van der Waals surface area contributed by atoms with Crippen LogP contribution in [-0.4, -0.2) is 32.3 Å². The minimum Gasteiger partial charge on any atom is -0.476 e. The van der Waals surface area contributed by atoms with E-state index in [0.29, 0.717) is 16.3 Å². The molecule has 29 heavy (non-hydrogen) atoms. The summed E-state index contributed by atoms with van der Waals surface area (Å²) in [5.41, 5.74) is 1.04. The molecule has 1 aromatic heterocycles. The lowest BCUT2D eigenvalue weighted by atomic mass is 10.00. The Kier molecular flexibility index (Phi) is 4.63. The number of carboxylic acids is 1. The van der Waals surface area contributed by atoms with Gasteiger partial charge in [0, 0.05) is 29.3 Å². The maximum Gasteiger partial charge on any atom is 0.356 e. The van der Waals surface area contributed by atoms with Gasteiger partial charge in [0.1, 0.15) is 5.82 Å². The normalized spacial score (nSPS) is 15.0. The van der Waals surface area contributed by atoms with Crippen molar-refractivity contribution < 1.29 is 23.8 Å². The fourth-order valence-electron chi connectivity index (χ4n) is 3.12. The van der Waals surface area contributed by atoms with Gasteiger partial charge in [0.25, 0.3) is 6.23 Å². The van der Waals surface area contributed by atoms with Crippen molar-refractivity contribution in [3.63, 3.8) is 0 Å². The van der Waals surface area contributed by atoms with E-state index in [9.17, 15) is 19.1 Å². The van der Waals surface area contributed by atoms with E-state index in [-0.39, 0.29) is 22.8 Å². The molecule has 2 aromatic carbocycles. The van der Waals surface area contributed by atoms with Gasteiger partial charge >= 0.3 is 11.9 Å². The number of rotatable bonds is 3. The zero-order valence-electron chi connectivity index (χ0n) is 15.0. The summed E-state index contributed by atoms with van der Waals surface area (Å²) in [5.74, 6) is -2.35. The van der Waals surface area contributed by atoms with Gasteiger partial charge in [-0.05, 0) is 30.3 Å². The van der Waals surface area contributed by atoms with Gasteiger partial charge in [0.05, 0.1) is 11.4 Å². The monoisotopic (exact) mass is 413 g/mol. The molecule has 0 saturated heterocycles. The van der Waals surface area contributed by atoms with Crippen LogP contribution in [0.25, 0.3) is 5.69 Å². The number of aromatic carboxylic acids is 1. The number of aromatic nitrogens is 2. The number of benzene rings is 2. The number of halogens is 2. The van der Waals surface area contributed by atoms with Crippen molar-refractivity contribution in [3.05, 3.63) is 82.1 Å². The molecule has 1 aliphatic heterocycles. The summed E-state index contributed by atoms with van der Waals surface area (Å²) in [5, 5.41) is 9.71. The molecule has 0 bridgehead atoms. The number of imidazole rings is 1. The van der Waals surface area contributed by atoms with Gasteiger partial charge in [-0.3, -0.25) is 9.36 Å². The third-order valence-corrected chi connectivity index (χ3v) is 4.53. The number of hydrogen-bond donors (Lipinski definition) is 1. The van der Waals surface area contributed by atoms with Crippen molar-refractivity contribution in [2.75, 3.05) is 0 Å². The molecule has 1 aliphatic rings. The lowest BCUT2D eigenvalue weighted by Crippen LogP contribution is -2.12. The predicted octanol–water partition coefficient (Wildman–Crippen LogP) is 3.78. The lowest BCUT2D eigenvalue weighted by molar-refractivity contribution is -0.146. The van der Waals surface area contributed by atoms with Gasteiger partial charge in [-0.25, -0.2) is 19.2 Å². The Morgan fingerprint density at radius 2 is 1.97 bits per heavy atom. The van der Waals surface area contributed by atoms with Crippen LogP contribution in [-0.2, 0) is 9.53 Å². The Labute approximate surface area is 169 Å². The van der Waals surface area contributed by atoms with E-state index in [4.69, 9.17) is 16.3 Å². The molecule has 0 unspecified atom stereocenters. The minimum atomic E-state index is -1.28. The molecule has 4 rings (SSSR count). The van der Waals surface area contributed by atoms with Gasteiger partial charge < -0.3 is 9.84 Å². The first kappa shape index (κ1) is 18.8. The third kappa shape index (κ3) is 3.38. The smallest absolute Gasteiger partial charge is 0.356 e. The maximum absolute atomic E-state index is 14.6. The highest BCUT2D eigenvalue weighted by atomic mass is 35.5. The number of carbonyl (C=O) groups is 2. The second-order valence-corrected chi connectivity index (χ2v) is 6.68. The van der Waals surface area contributed by atoms with E-state index in [0.717, 1.165) is 0 Å². The Morgan fingerprint density at radius 1 is 1.21 bits per heavy atom. The quantitative estimate of drug-likeness (QED) is 0.659. The van der Waals surface area contributed by atoms with E-state index < -0.39 is 24.0 Å². The van der Waals surface area contributed by atoms with Gasteiger partial charge in [0.2, 0.25) is 0 Å². The van der Waals surface area contributed by atoms with Gasteiger partial charge in [-0.2, -0.15) is 0 Å². The molecule has 2 heterocycles. The van der Waals surface area contributed by atoms with Crippen LogP contribution >= 0.6 is 11.6 Å². The lowest BCUT2D eigenvalue weighted by Gasteiger charge is -2.12. The van der Waals surface area contributed by atoms with Gasteiger partial charge in [0.15, 0.2) is 11.5 Å². The highest BCUT2D eigenvalue weighted by Gasteiger charge is 2.31. The highest BCUT2D eigenvalue weighted by molar-refractivity contribution is 6.31. The molecule has 0 fully saturated rings. The van der Waals surface area contributed by atoms with Crippen LogP contribution < -0.4 is 0 Å². The number of fused-ring (bicyclic) bond motifs is 3. The summed E-state index contributed by atoms with van der Waals surface area (Å²) in [6.45, 7) is 1.19. The SMILES string of the molecule is CC(=O)O[C@H]1N=C(c2ccccc2F)c2cc(Cl)ccc2-n2cc(C(=O)O)nc21. The van der Waals surface area contributed by atoms with E-state index in [1.807, 2.05) is 0 Å². The summed E-state index contributed by atoms with van der Waals surface area (Å²) < 4.78 is 21.3. The Hall–Kier alpha value is -3.52. The number of nitrogens with zero attached hydrogens (tertiary/aromatic N) is 3. The van der Waals surface area contributed by atoms with E-state index >= 15 is 0 Å². The Balaban J connectivity index is 2.05. The standard InChI is InChI=1S/C20H13ClFN3O4/c1-10(26)29-19-18-23-15(20(27)28)9-25(18)16-7-6-11(21)8-13(16)17(24-19)12-4-2-3-5-14(12)22/h2-9,19H,1H3,(H,27,28)/t19-/m1/s1. The van der Waals surface area contributed by atoms with Crippen molar-refractivity contribution >= 4 is 29.3 Å². The predicted molar refractivity (Wildman–Crippen MR) is 102 cm³/mol. The first-order valence-electron chi connectivity index (χ1n) is 8.48. The number of hydrogen-bond acceptors (Lipinski definition) is 5. The van der Waals surface area contributed by atoms with Crippen LogP contribution in [0.1, 0.15) is 40.6 Å². The van der Waals surface area contributed by atoms with Crippen LogP contribution in [0, 0.1) is 5.82 Å². The average molecular weight is 414 g/mol. The number of ether oxygens (including phenoxy) is 1. The molecule has 3 aromatic rings. The van der Waals surface area contributed by atoms with Crippen LogP contribution in [0.5, 0.6) is 0 Å². The first-order chi connectivity index (χ1) is 13.8. The van der Waals surface area contributed by atoms with E-state index in [1.165, 1.54) is 23.8 Å². The molecule has 0 spiro atoms. The number of esters is 1. The Bertz CT molecular complexity index is 1190. The molecule has 0 radical (unpaired) electrons. The van der Waals surface area contributed by atoms with Crippen molar-refractivity contribution in [2.45, 2.75) is 13.2 Å². The van der Waals surface area contributed by atoms with Crippen molar-refractivity contribution in [3.8, 4) is 5.69 Å². The zero-order chi connectivity index (χ0) is 20.7. The molecule has 0 saturated carbocycles. The van der Waals surface area contributed by atoms with Gasteiger partial charge in [-0.15, -0.1) is 0 Å². The van der Waals surface area contributed by atoms with Crippen molar-refractivity contribution in [1.82, 2.24) is 9.55 Å². The second kappa shape index (κ2) is 7.14. The summed E-state index contributed by atoms with van der Waals surface area (Å²) in [4.78, 5) is 31.6. The number of carbonyl (C=O) groups excluding carboxylic acids is 1. The van der Waals surface area contributed by atoms with Gasteiger partial charge in [-0.1, -0.05) is 23.7 Å². The fraction of sp³-hybridized carbons (Fsp3) is 0.100. The molecule has 1 N–H and O–H groups in total. The van der Waals surface area contributed by atoms with Crippen molar-refractivity contribution in [2.24, 2.45) is 4.99 Å². The van der Waals surface area contributed by atoms with E-state index in [2.05, 4.69) is 9.98 Å². The largest absolute Gasteiger partial charge is 0.476 e. The van der Waals surface area contributed by atoms with Crippen molar-refractivity contribution in [1.29, 1.82) is 0 Å². The van der Waals surface area contributed by atoms with Crippen LogP contribution in [0.15, 0.2) is 53.7 Å². The Morgan fingerprint density at radius 3 is 2.66 bits per heavy atom. The second-order valence-electron chi connectivity index (χ2n) is 6.24. The maximum atomic E-state index is 14.6. The fourth-order valence-corrected chi connectivity index (χ4v) is 3.29. The summed E-state index contributed by atoms with van der Waals surface area (Å²) in [6, 6.07) is 10.9. The summed E-state index contributed by atoms with van der Waals surface area (Å²) >= 11 is 6.17. The third-order valence-electron chi connectivity index (χ3n) is 4.30. The molecular weight excluding hydrogens is 401 g/mol. The molecule has 0 amide bonds. The van der Waals surface area contributed by atoms with Crippen LogP contribution in [0.2, 0.25) is 5.02 Å². The van der Waals surface area contributed by atoms with Crippen LogP contribution in [0.3, 0.4) is 0 Å². The topological polar surface area (TPSA) is 93.8 Å². The van der Waals surface area contributed by atoms with E-state index in [1.54, 1.807) is 36.4 Å². The highest BCUT2D eigenvalue weighted by Crippen LogP contribution is 2.33. The molecule has 1 atom stereocenters. The molecule has 146 valence electrons. The molecular formula is C20H13ClFN3O4. The van der Waals surface area contributed by atoms with Crippen LogP contribution in [0.4, 0.5) is 4.39 Å².